The van der Waals surface area contributed by atoms with Gasteiger partial charge in [-0.3, -0.25) is 20.7 Å². The molecule has 1 aliphatic carbocycles. The van der Waals surface area contributed by atoms with E-state index in [0.717, 1.165) is 34.9 Å². The maximum atomic E-state index is 9.65. The van der Waals surface area contributed by atoms with E-state index >= 15 is 0 Å². The lowest BCUT2D eigenvalue weighted by molar-refractivity contribution is -0.115. The summed E-state index contributed by atoms with van der Waals surface area (Å²) in [6.07, 6.45) is 12.1. The summed E-state index contributed by atoms with van der Waals surface area (Å²) in [5.74, 6) is 2.27. The van der Waals surface area contributed by atoms with Crippen molar-refractivity contribution in [2.24, 2.45) is 10.9 Å². The third kappa shape index (κ3) is 19.1. The molecule has 1 atom stereocenters. The van der Waals surface area contributed by atoms with E-state index in [1.807, 2.05) is 56.7 Å². The van der Waals surface area contributed by atoms with Crippen LogP contribution in [0.15, 0.2) is 71.3 Å². The first-order valence-corrected chi connectivity index (χ1v) is 18.0. The highest BCUT2D eigenvalue weighted by Crippen LogP contribution is 2.31. The van der Waals surface area contributed by atoms with Gasteiger partial charge in [-0.15, -0.1) is 0 Å². The molecule has 2 aromatic rings. The Morgan fingerprint density at radius 3 is 2.09 bits per heavy atom. The molecule has 7 nitrogen and oxygen atoms in total. The minimum absolute atomic E-state index is 0.167. The molecule has 2 aliphatic rings. The average Bonchev–Trinajstić information content (AvgIpc) is 3.18. The number of benzene rings is 2. The van der Waals surface area contributed by atoms with Crippen molar-refractivity contribution in [3.63, 3.8) is 0 Å². The summed E-state index contributed by atoms with van der Waals surface area (Å²) in [5.41, 5.74) is 6.00. The number of aryl methyl sites for hydroxylation is 2. The number of aliphatic imine (C=N–C) groups is 1. The summed E-state index contributed by atoms with van der Waals surface area (Å²) in [5, 5.41) is 25.9. The number of ether oxygens (including phenoxy) is 1. The first-order valence-electron chi connectivity index (χ1n) is 16.4. The number of carbonyl (C=O) groups excluding carboxylic acids is 1. The van der Waals surface area contributed by atoms with Crippen LogP contribution in [-0.2, 0) is 11.2 Å². The number of amidine groups is 2. The van der Waals surface area contributed by atoms with E-state index in [1.54, 1.807) is 36.8 Å². The van der Waals surface area contributed by atoms with Crippen molar-refractivity contribution in [3.05, 3.63) is 83.0 Å². The largest absolute Gasteiger partial charge is 0.497 e. The molecule has 2 aromatic carbocycles. The smallest absolute Gasteiger partial charge is 0.128 e. The summed E-state index contributed by atoms with van der Waals surface area (Å²) in [6, 6.07) is 14.2. The Kier molecular flexibility index (Phi) is 25.8. The van der Waals surface area contributed by atoms with Gasteiger partial charge in [-0.25, -0.2) is 0 Å². The van der Waals surface area contributed by atoms with Gasteiger partial charge in [0.2, 0.25) is 0 Å². The van der Waals surface area contributed by atoms with Crippen LogP contribution >= 0.6 is 11.8 Å². The minimum atomic E-state index is -0.469. The first kappa shape index (κ1) is 45.6. The molecule has 0 saturated carbocycles. The zero-order chi connectivity index (χ0) is 36.5. The highest BCUT2D eigenvalue weighted by molar-refractivity contribution is 7.97. The van der Waals surface area contributed by atoms with Crippen LogP contribution in [-0.4, -0.2) is 60.5 Å². The lowest BCUT2D eigenvalue weighted by atomic mass is 9.95. The molecule has 8 heteroatoms. The van der Waals surface area contributed by atoms with Gasteiger partial charge in [0.25, 0.3) is 0 Å². The Balaban J connectivity index is 0. The number of anilines is 1. The molecule has 0 radical (unpaired) electrons. The van der Waals surface area contributed by atoms with Gasteiger partial charge in [-0.2, -0.15) is 11.8 Å². The van der Waals surface area contributed by atoms with Crippen molar-refractivity contribution in [1.29, 1.82) is 10.8 Å². The predicted molar refractivity (Wildman–Crippen MR) is 209 cm³/mol. The number of aliphatic hydroxyl groups excluding tert-OH is 1. The molecule has 262 valence electrons. The number of fused-ring (bicyclic) bond motifs is 1. The van der Waals surface area contributed by atoms with E-state index in [2.05, 4.69) is 63.9 Å². The predicted octanol–water partition coefficient (Wildman–Crippen LogP) is 9.74. The fraction of sp³-hybridized carbons (Fsp3) is 0.487. The molecule has 3 N–H and O–H groups in total. The molecule has 0 saturated heterocycles. The SMILES string of the molecule is CC.CC(C)=O.CCC(C)C.CCc1cccc(C)c1.COc1ccc2c(c1)C(C1=CCC(O)C=C1)=NCC(=N)N2C(C)=N.CSC. The number of hydrogen-bond donors (Lipinski definition) is 3. The number of Topliss-reactive ketones (excluding diaryl/α,β-unsaturated/α-hetero) is 1. The van der Waals surface area contributed by atoms with Gasteiger partial charge in [0, 0.05) is 5.56 Å². The molecule has 0 aromatic heterocycles. The summed E-state index contributed by atoms with van der Waals surface area (Å²) in [7, 11) is 1.60. The van der Waals surface area contributed by atoms with Crippen LogP contribution in [0, 0.1) is 23.7 Å². The monoisotopic (exact) mass is 666 g/mol. The lowest BCUT2D eigenvalue weighted by Gasteiger charge is -2.24. The average molecular weight is 667 g/mol. The molecular weight excluding hydrogens is 605 g/mol. The number of aliphatic hydroxyl groups is 1. The normalized spacial score (nSPS) is 14.1. The van der Waals surface area contributed by atoms with Crippen molar-refractivity contribution in [3.8, 4) is 5.75 Å². The van der Waals surface area contributed by atoms with Crippen LogP contribution in [0.5, 0.6) is 5.75 Å². The number of benzodiazepines with no additional fused rings is 1. The molecule has 4 rings (SSSR count). The number of carbonyl (C=O) groups is 1. The number of allylic oxidation sites excluding steroid dienone is 2. The van der Waals surface area contributed by atoms with E-state index in [1.165, 1.54) is 31.4 Å². The number of ketones is 1. The fourth-order valence-corrected chi connectivity index (χ4v) is 3.83. The van der Waals surface area contributed by atoms with E-state index in [-0.39, 0.29) is 24.0 Å². The van der Waals surface area contributed by atoms with Gasteiger partial charge in [-0.05, 0) is 88.3 Å². The number of nitrogens with one attached hydrogen (secondary N) is 2. The van der Waals surface area contributed by atoms with Crippen molar-refractivity contribution < 1.29 is 14.6 Å². The first-order chi connectivity index (χ1) is 22.2. The van der Waals surface area contributed by atoms with E-state index < -0.39 is 6.10 Å². The standard InChI is InChI=1S/C18H20N4O2.C9H12.C5H12.C3H6O.C2H6S.C2H6/c1-11(19)22-16-8-7-14(24-2)9-15(16)18(21-10-17(22)20)12-3-5-13(23)6-4-12;1-3-9-6-4-5-8(2)7-9;1-4-5(2)3;1-3(2)4;1-3-2;1-2/h3-5,7-9,13,19-20,23H,6,10H2,1-2H3;4-7H,3H2,1-2H3;5H,4H2,1-3H3;1-2H3;1-2H3;1-2H3. The summed E-state index contributed by atoms with van der Waals surface area (Å²) >= 11 is 1.75. The Hall–Kier alpha value is -3.49. The second kappa shape index (κ2) is 26.6. The Morgan fingerprint density at radius 2 is 1.68 bits per heavy atom. The van der Waals surface area contributed by atoms with Crippen molar-refractivity contribution >= 4 is 40.6 Å². The molecule has 0 fully saturated rings. The quantitative estimate of drug-likeness (QED) is 0.222. The molecule has 0 amide bonds. The number of methoxy groups -OCH3 is 1. The zero-order valence-electron chi connectivity index (χ0n) is 31.3. The van der Waals surface area contributed by atoms with Gasteiger partial charge < -0.3 is 14.6 Å². The highest BCUT2D eigenvalue weighted by atomic mass is 32.2. The fourth-order valence-electron chi connectivity index (χ4n) is 3.83. The van der Waals surface area contributed by atoms with E-state index in [0.29, 0.717) is 12.2 Å². The van der Waals surface area contributed by atoms with E-state index in [4.69, 9.17) is 15.6 Å². The van der Waals surface area contributed by atoms with Gasteiger partial charge in [-0.1, -0.05) is 96.0 Å². The molecule has 1 unspecified atom stereocenters. The van der Waals surface area contributed by atoms with Crippen LogP contribution in [0.2, 0.25) is 0 Å². The number of thioether (sulfide) groups is 1. The van der Waals surface area contributed by atoms with Crippen LogP contribution < -0.4 is 9.64 Å². The van der Waals surface area contributed by atoms with Gasteiger partial charge >= 0.3 is 0 Å². The summed E-state index contributed by atoms with van der Waals surface area (Å²) in [4.78, 5) is 15.6. The molecule has 0 spiro atoms. The number of nitrogens with zero attached hydrogens (tertiary/aromatic N) is 2. The third-order valence-corrected chi connectivity index (χ3v) is 6.35. The maximum Gasteiger partial charge on any atom is 0.128 e. The third-order valence-electron chi connectivity index (χ3n) is 6.35. The summed E-state index contributed by atoms with van der Waals surface area (Å²) < 4.78 is 5.34. The van der Waals surface area contributed by atoms with Crippen molar-refractivity contribution in [2.45, 2.75) is 94.6 Å². The number of hydrogen-bond acceptors (Lipinski definition) is 7. The Labute approximate surface area is 290 Å². The van der Waals surface area contributed by atoms with Crippen LogP contribution in [0.1, 0.15) is 91.8 Å². The van der Waals surface area contributed by atoms with Crippen molar-refractivity contribution in [2.75, 3.05) is 31.1 Å². The van der Waals surface area contributed by atoms with Gasteiger partial charge in [0.05, 0.1) is 31.2 Å². The Morgan fingerprint density at radius 1 is 1.11 bits per heavy atom. The molecule has 1 aliphatic heterocycles. The van der Waals surface area contributed by atoms with Gasteiger partial charge in [0.15, 0.2) is 0 Å². The van der Waals surface area contributed by atoms with Crippen molar-refractivity contribution in [1.82, 2.24) is 0 Å². The maximum absolute atomic E-state index is 9.65. The lowest BCUT2D eigenvalue weighted by Crippen LogP contribution is -2.35. The van der Waals surface area contributed by atoms with Crippen LogP contribution in [0.25, 0.3) is 0 Å². The molecule has 47 heavy (non-hydrogen) atoms. The Bertz CT molecular complexity index is 1310. The van der Waals surface area contributed by atoms with Crippen LogP contribution in [0.3, 0.4) is 0 Å². The highest BCUT2D eigenvalue weighted by Gasteiger charge is 2.26. The van der Waals surface area contributed by atoms with Gasteiger partial charge in [0.1, 0.15) is 23.2 Å². The van der Waals surface area contributed by atoms with Crippen LogP contribution in [0.4, 0.5) is 5.69 Å². The zero-order valence-corrected chi connectivity index (χ0v) is 32.1. The molecular formula is C39H62N4O3S. The molecule has 1 heterocycles. The second-order valence-electron chi connectivity index (χ2n) is 11.2. The summed E-state index contributed by atoms with van der Waals surface area (Å²) in [6.45, 7) is 19.8. The topological polar surface area (TPSA) is 110 Å². The number of rotatable bonds is 4. The van der Waals surface area contributed by atoms with E-state index in [9.17, 15) is 9.90 Å². The second-order valence-corrected chi connectivity index (χ2v) is 12.0. The molecule has 0 bridgehead atoms. The minimum Gasteiger partial charge on any atom is -0.497 e.